The van der Waals surface area contributed by atoms with Gasteiger partial charge in [-0.3, -0.25) is 10.2 Å². The summed E-state index contributed by atoms with van der Waals surface area (Å²) in [6.07, 6.45) is -4.75. The van der Waals surface area contributed by atoms with Gasteiger partial charge in [0.15, 0.2) is 6.04 Å². The van der Waals surface area contributed by atoms with Crippen LogP contribution in [0.15, 0.2) is 36.4 Å². The molecule has 1 atom stereocenters. The topological polar surface area (TPSA) is 32.3 Å². The lowest BCUT2D eigenvalue weighted by Crippen LogP contribution is -2.51. The van der Waals surface area contributed by atoms with Gasteiger partial charge in [-0.1, -0.05) is 30.3 Å². The van der Waals surface area contributed by atoms with Gasteiger partial charge in [-0.2, -0.15) is 18.2 Å². The summed E-state index contributed by atoms with van der Waals surface area (Å²) in [6.45, 7) is 3.09. The average molecular weight is 340 g/mol. The van der Waals surface area contributed by atoms with Gasteiger partial charge in [0, 0.05) is 17.3 Å². The van der Waals surface area contributed by atoms with E-state index in [0.29, 0.717) is 5.39 Å². The number of nitrogens with zero attached hydrogens (tertiary/aromatic N) is 1. The summed E-state index contributed by atoms with van der Waals surface area (Å²) in [5.74, 6) is -1.21. The van der Waals surface area contributed by atoms with E-state index >= 15 is 0 Å². The van der Waals surface area contributed by atoms with Crippen molar-refractivity contribution in [2.24, 2.45) is 0 Å². The van der Waals surface area contributed by atoms with Gasteiger partial charge in [-0.05, 0) is 30.9 Å². The number of carbonyl (C=O) groups is 1. The molecule has 0 aromatic heterocycles. The Morgan fingerprint density at radius 2 is 1.79 bits per heavy atom. The second kappa shape index (κ2) is 5.44. The van der Waals surface area contributed by atoms with Crippen molar-refractivity contribution in [2.75, 3.05) is 0 Å². The number of rotatable bonds is 2. The maximum Gasteiger partial charge on any atom is 0.409 e. The summed E-state index contributed by atoms with van der Waals surface area (Å²) in [4.78, 5) is 11.7. The lowest BCUT2D eigenvalue weighted by atomic mass is 9.93. The molecule has 1 heterocycles. The number of hydrazine groups is 1. The van der Waals surface area contributed by atoms with Crippen LogP contribution in [0.4, 0.5) is 17.6 Å². The third-order valence-electron chi connectivity index (χ3n) is 4.24. The van der Waals surface area contributed by atoms with Crippen molar-refractivity contribution in [2.45, 2.75) is 38.0 Å². The Morgan fingerprint density at radius 3 is 2.33 bits per heavy atom. The number of benzene rings is 2. The van der Waals surface area contributed by atoms with E-state index in [1.54, 1.807) is 26.0 Å². The second-order valence-corrected chi connectivity index (χ2v) is 6.52. The average Bonchev–Trinajstić information content (AvgIpc) is 2.70. The fourth-order valence-electron chi connectivity index (χ4n) is 3.23. The Bertz CT molecular complexity index is 796. The van der Waals surface area contributed by atoms with Gasteiger partial charge in [0.2, 0.25) is 5.91 Å². The van der Waals surface area contributed by atoms with Crippen LogP contribution in [0, 0.1) is 5.82 Å². The van der Waals surface area contributed by atoms with Gasteiger partial charge < -0.3 is 0 Å². The highest BCUT2D eigenvalue weighted by Gasteiger charge is 2.53. The predicted molar refractivity (Wildman–Crippen MR) is 81.4 cm³/mol. The molecule has 1 amide bonds. The molecule has 0 spiro atoms. The van der Waals surface area contributed by atoms with E-state index < -0.39 is 29.5 Å². The first-order chi connectivity index (χ1) is 11.1. The third kappa shape index (κ3) is 2.73. The molecule has 2 aromatic rings. The van der Waals surface area contributed by atoms with Crippen LogP contribution >= 0.6 is 0 Å². The van der Waals surface area contributed by atoms with E-state index in [1.807, 2.05) is 0 Å². The molecule has 3 rings (SSSR count). The molecule has 128 valence electrons. The zero-order chi connectivity index (χ0) is 17.7. The molecule has 0 radical (unpaired) electrons. The van der Waals surface area contributed by atoms with Crippen LogP contribution in [0.5, 0.6) is 0 Å². The van der Waals surface area contributed by atoms with Crippen molar-refractivity contribution in [1.82, 2.24) is 10.4 Å². The number of alkyl halides is 3. The highest BCUT2D eigenvalue weighted by Crippen LogP contribution is 2.45. The summed E-state index contributed by atoms with van der Waals surface area (Å²) >= 11 is 0. The maximum atomic E-state index is 14.3. The minimum absolute atomic E-state index is 0.0627. The van der Waals surface area contributed by atoms with E-state index in [-0.39, 0.29) is 17.4 Å². The first kappa shape index (κ1) is 16.7. The molecule has 1 aliphatic heterocycles. The Hall–Kier alpha value is -2.15. The quantitative estimate of drug-likeness (QED) is 0.835. The van der Waals surface area contributed by atoms with Gasteiger partial charge in [-0.15, -0.1) is 0 Å². The molecule has 0 saturated carbocycles. The fraction of sp³-hybridized carbons (Fsp3) is 0.353. The van der Waals surface area contributed by atoms with E-state index in [0.717, 1.165) is 11.1 Å². The number of nitrogens with one attached hydrogen (secondary N) is 1. The minimum Gasteiger partial charge on any atom is -0.287 e. The molecular formula is C17H16F4N2O. The molecular weight excluding hydrogens is 324 g/mol. The zero-order valence-electron chi connectivity index (χ0n) is 13.1. The summed E-state index contributed by atoms with van der Waals surface area (Å²) in [6, 6.07) is 6.27. The fourth-order valence-corrected chi connectivity index (χ4v) is 3.23. The van der Waals surface area contributed by atoms with E-state index in [2.05, 4.69) is 5.43 Å². The predicted octanol–water partition coefficient (Wildman–Crippen LogP) is 4.10. The first-order valence-corrected chi connectivity index (χ1v) is 7.44. The second-order valence-electron chi connectivity index (χ2n) is 6.52. The van der Waals surface area contributed by atoms with Crippen molar-refractivity contribution in [1.29, 1.82) is 0 Å². The van der Waals surface area contributed by atoms with E-state index in [9.17, 15) is 22.4 Å². The lowest BCUT2D eigenvalue weighted by molar-refractivity contribution is -0.203. The molecule has 0 bridgehead atoms. The van der Waals surface area contributed by atoms with Crippen LogP contribution < -0.4 is 5.43 Å². The zero-order valence-corrected chi connectivity index (χ0v) is 13.1. The molecule has 2 aromatic carbocycles. The van der Waals surface area contributed by atoms with Crippen LogP contribution in [0.25, 0.3) is 10.8 Å². The van der Waals surface area contributed by atoms with Gasteiger partial charge in [0.25, 0.3) is 0 Å². The number of hydrogen-bond donors (Lipinski definition) is 1. The molecule has 0 aliphatic carbocycles. The number of carbonyl (C=O) groups excluding carboxylic acids is 1. The van der Waals surface area contributed by atoms with Crippen molar-refractivity contribution in [3.05, 3.63) is 47.8 Å². The summed E-state index contributed by atoms with van der Waals surface area (Å²) in [7, 11) is 0. The normalized spacial score (nSPS) is 19.5. The minimum atomic E-state index is -4.69. The highest BCUT2D eigenvalue weighted by molar-refractivity contribution is 5.87. The summed E-state index contributed by atoms with van der Waals surface area (Å²) < 4.78 is 55.9. The molecule has 24 heavy (non-hydrogen) atoms. The van der Waals surface area contributed by atoms with E-state index in [1.165, 1.54) is 18.2 Å². The van der Waals surface area contributed by atoms with Crippen LogP contribution in [-0.2, 0) is 4.79 Å². The first-order valence-electron chi connectivity index (χ1n) is 7.44. The van der Waals surface area contributed by atoms with Crippen molar-refractivity contribution < 1.29 is 22.4 Å². The Kier molecular flexibility index (Phi) is 3.79. The maximum absolute atomic E-state index is 14.3. The summed E-state index contributed by atoms with van der Waals surface area (Å²) in [5.41, 5.74) is 1.02. The smallest absolute Gasteiger partial charge is 0.287 e. The van der Waals surface area contributed by atoms with Gasteiger partial charge in [0.05, 0.1) is 0 Å². The molecule has 1 aliphatic rings. The molecule has 1 saturated heterocycles. The van der Waals surface area contributed by atoms with Crippen molar-refractivity contribution in [3.8, 4) is 0 Å². The van der Waals surface area contributed by atoms with Crippen LogP contribution in [-0.4, -0.2) is 22.6 Å². The third-order valence-corrected chi connectivity index (χ3v) is 4.24. The Balaban J connectivity index is 2.24. The Labute approximate surface area is 136 Å². The monoisotopic (exact) mass is 340 g/mol. The van der Waals surface area contributed by atoms with Crippen LogP contribution in [0.2, 0.25) is 0 Å². The molecule has 3 nitrogen and oxygen atoms in total. The van der Waals surface area contributed by atoms with Gasteiger partial charge in [0.1, 0.15) is 5.82 Å². The highest BCUT2D eigenvalue weighted by atomic mass is 19.4. The molecule has 0 unspecified atom stereocenters. The van der Waals surface area contributed by atoms with Crippen molar-refractivity contribution >= 4 is 16.7 Å². The van der Waals surface area contributed by atoms with Gasteiger partial charge >= 0.3 is 6.18 Å². The Morgan fingerprint density at radius 1 is 1.17 bits per heavy atom. The number of hydrogen-bond acceptors (Lipinski definition) is 2. The van der Waals surface area contributed by atoms with Crippen molar-refractivity contribution in [3.63, 3.8) is 0 Å². The molecule has 1 fully saturated rings. The summed E-state index contributed by atoms with van der Waals surface area (Å²) in [5, 5.41) is 1.18. The largest absolute Gasteiger partial charge is 0.409 e. The lowest BCUT2D eigenvalue weighted by Gasteiger charge is -2.38. The van der Waals surface area contributed by atoms with Crippen LogP contribution in [0.3, 0.4) is 0 Å². The molecule has 1 N–H and O–H groups in total. The standard InChI is InChI=1S/C17H16F4N2O/c1-16(2)9-13(24)22-23(16)15(17(19,20)21)11-7-3-5-10-6-4-8-12(18)14(10)11/h3-8,15H,9H2,1-2H3,(H,22,24)/t15-/m0/s1. The SMILES string of the molecule is CC1(C)CC(=O)NN1[C@@H](c1cccc2cccc(F)c12)C(F)(F)F. The number of fused-ring (bicyclic) bond motifs is 1. The van der Waals surface area contributed by atoms with Crippen LogP contribution in [0.1, 0.15) is 31.9 Å². The number of halogens is 4. The number of amides is 1. The van der Waals surface area contributed by atoms with E-state index in [4.69, 9.17) is 0 Å². The van der Waals surface area contributed by atoms with Gasteiger partial charge in [-0.25, -0.2) is 4.39 Å². The molecule has 7 heteroatoms.